The smallest absolute Gasteiger partial charge is 0.261 e. The molecule has 0 aliphatic carbocycles. The summed E-state index contributed by atoms with van der Waals surface area (Å²) in [7, 11) is 0. The molecule has 1 rings (SSSR count). The first-order valence-electron chi connectivity index (χ1n) is 2.68. The van der Waals surface area contributed by atoms with E-state index in [1.807, 2.05) is 0 Å². The highest BCUT2D eigenvalue weighted by molar-refractivity contribution is 7.08. The van der Waals surface area contributed by atoms with E-state index >= 15 is 0 Å². The molecular weight excluding hydrogens is 162 g/mol. The quantitative estimate of drug-likeness (QED) is 0.568. The lowest BCUT2D eigenvalue weighted by molar-refractivity contribution is 0.100. The normalized spacial score (nSPS) is 9.00. The van der Waals surface area contributed by atoms with Gasteiger partial charge in [0.25, 0.3) is 5.91 Å². The van der Waals surface area contributed by atoms with Crippen molar-refractivity contribution in [2.24, 2.45) is 5.73 Å². The van der Waals surface area contributed by atoms with Crippen LogP contribution in [0.2, 0.25) is 0 Å². The van der Waals surface area contributed by atoms with Crippen LogP contribution in [-0.2, 0) is 0 Å². The van der Waals surface area contributed by atoms with Crippen molar-refractivity contribution in [2.75, 3.05) is 5.73 Å². The highest BCUT2D eigenvalue weighted by Gasteiger charge is 2.13. The predicted octanol–water partition coefficient (Wildman–Crippen LogP) is -0.195. The fourth-order valence-electron chi connectivity index (χ4n) is 0.610. The third-order valence-corrected chi connectivity index (χ3v) is 1.96. The lowest BCUT2D eigenvalue weighted by Crippen LogP contribution is -2.10. The molecule has 1 aromatic rings. The number of hydrogen-bond donors (Lipinski definition) is 2. The highest BCUT2D eigenvalue weighted by Crippen LogP contribution is 2.18. The van der Waals surface area contributed by atoms with Crippen LogP contribution in [0.4, 0.5) is 5.82 Å². The Morgan fingerprint density at radius 1 is 1.73 bits per heavy atom. The van der Waals surface area contributed by atoms with Crippen LogP contribution in [0.15, 0.2) is 0 Å². The number of terminal acetylenes is 1. The van der Waals surface area contributed by atoms with Crippen molar-refractivity contribution in [1.82, 2.24) is 4.37 Å². The van der Waals surface area contributed by atoms with Gasteiger partial charge in [0, 0.05) is 0 Å². The van der Waals surface area contributed by atoms with Crippen LogP contribution in [0.5, 0.6) is 0 Å². The topological polar surface area (TPSA) is 82.0 Å². The van der Waals surface area contributed by atoms with Crippen LogP contribution < -0.4 is 11.5 Å². The minimum Gasteiger partial charge on any atom is -0.382 e. The number of primary amides is 1. The third kappa shape index (κ3) is 1.16. The second-order valence-corrected chi connectivity index (χ2v) is 2.55. The Hall–Kier alpha value is -1.54. The van der Waals surface area contributed by atoms with Crippen LogP contribution in [0, 0.1) is 12.3 Å². The van der Waals surface area contributed by atoms with E-state index in [-0.39, 0.29) is 10.7 Å². The maximum absolute atomic E-state index is 10.6. The van der Waals surface area contributed by atoms with Crippen molar-refractivity contribution in [3.63, 3.8) is 0 Å². The van der Waals surface area contributed by atoms with E-state index in [0.29, 0.717) is 5.56 Å². The number of aromatic nitrogens is 1. The molecule has 5 heteroatoms. The molecule has 0 aliphatic rings. The van der Waals surface area contributed by atoms with Crippen molar-refractivity contribution >= 4 is 23.3 Å². The van der Waals surface area contributed by atoms with Crippen LogP contribution in [0.1, 0.15) is 15.2 Å². The number of amides is 1. The van der Waals surface area contributed by atoms with E-state index < -0.39 is 5.91 Å². The van der Waals surface area contributed by atoms with Crippen LogP contribution in [0.3, 0.4) is 0 Å². The van der Waals surface area contributed by atoms with E-state index in [9.17, 15) is 4.79 Å². The van der Waals surface area contributed by atoms with Crippen LogP contribution in [-0.4, -0.2) is 10.3 Å². The first-order chi connectivity index (χ1) is 5.16. The van der Waals surface area contributed by atoms with E-state index in [0.717, 1.165) is 11.5 Å². The summed E-state index contributed by atoms with van der Waals surface area (Å²) in [6.45, 7) is 0. The molecule has 0 unspecified atom stereocenters. The number of anilines is 1. The first-order valence-corrected chi connectivity index (χ1v) is 3.45. The van der Waals surface area contributed by atoms with Gasteiger partial charge in [0.2, 0.25) is 0 Å². The van der Waals surface area contributed by atoms with Crippen molar-refractivity contribution < 1.29 is 4.79 Å². The fourth-order valence-corrected chi connectivity index (χ4v) is 1.24. The van der Waals surface area contributed by atoms with Crippen molar-refractivity contribution in [3.8, 4) is 12.3 Å². The molecule has 1 aromatic heterocycles. The zero-order valence-corrected chi connectivity index (χ0v) is 6.31. The predicted molar refractivity (Wildman–Crippen MR) is 43.0 cm³/mol. The number of rotatable bonds is 1. The standard InChI is InChI=1S/C6H5N3OS/c1-2-3-4(6(8)10)11-9-5(3)7/h1H,(H2,7,9)(H2,8,10). The molecule has 0 saturated heterocycles. The molecule has 0 fully saturated rings. The zero-order chi connectivity index (χ0) is 8.43. The molecule has 0 aromatic carbocycles. The molecule has 4 N–H and O–H groups in total. The number of nitrogen functional groups attached to an aromatic ring is 1. The summed E-state index contributed by atoms with van der Waals surface area (Å²) < 4.78 is 3.68. The molecule has 0 radical (unpaired) electrons. The SMILES string of the molecule is C#Cc1c(N)nsc1C(N)=O. The van der Waals surface area contributed by atoms with E-state index in [2.05, 4.69) is 10.3 Å². The Bertz CT molecular complexity index is 336. The van der Waals surface area contributed by atoms with Crippen LogP contribution >= 0.6 is 11.5 Å². The average Bonchev–Trinajstić information content (AvgIpc) is 2.30. The van der Waals surface area contributed by atoms with Gasteiger partial charge in [0.05, 0.1) is 5.56 Å². The van der Waals surface area contributed by atoms with E-state index in [1.54, 1.807) is 0 Å². The summed E-state index contributed by atoms with van der Waals surface area (Å²) in [4.78, 5) is 10.9. The second-order valence-electron chi connectivity index (χ2n) is 1.78. The molecule has 56 valence electrons. The Morgan fingerprint density at radius 3 is 2.73 bits per heavy atom. The van der Waals surface area contributed by atoms with Crippen molar-refractivity contribution in [2.45, 2.75) is 0 Å². The van der Waals surface area contributed by atoms with Crippen molar-refractivity contribution in [3.05, 3.63) is 10.4 Å². The number of carbonyl (C=O) groups excluding carboxylic acids is 1. The summed E-state index contributed by atoms with van der Waals surface area (Å²) in [6, 6.07) is 0. The minimum absolute atomic E-state index is 0.186. The van der Waals surface area contributed by atoms with Gasteiger partial charge in [-0.25, -0.2) is 0 Å². The third-order valence-electron chi connectivity index (χ3n) is 1.09. The number of carbonyl (C=O) groups is 1. The summed E-state index contributed by atoms with van der Waals surface area (Å²) in [6.07, 6.45) is 5.06. The van der Waals surface area contributed by atoms with Gasteiger partial charge >= 0.3 is 0 Å². The number of nitrogens with two attached hydrogens (primary N) is 2. The molecule has 1 heterocycles. The van der Waals surface area contributed by atoms with E-state index in [4.69, 9.17) is 17.9 Å². The molecule has 11 heavy (non-hydrogen) atoms. The van der Waals surface area contributed by atoms with Crippen molar-refractivity contribution in [1.29, 1.82) is 0 Å². The minimum atomic E-state index is -0.591. The monoisotopic (exact) mass is 167 g/mol. The van der Waals surface area contributed by atoms with Gasteiger partial charge in [-0.3, -0.25) is 4.79 Å². The summed E-state index contributed by atoms with van der Waals surface area (Å²) in [5.74, 6) is 1.84. The zero-order valence-electron chi connectivity index (χ0n) is 5.50. The van der Waals surface area contributed by atoms with Gasteiger partial charge in [-0.05, 0) is 11.5 Å². The first kappa shape index (κ1) is 7.57. The Labute approximate surface area is 67.4 Å². The molecule has 0 atom stereocenters. The van der Waals surface area contributed by atoms with Crippen LogP contribution in [0.25, 0.3) is 0 Å². The molecule has 1 amide bonds. The summed E-state index contributed by atoms with van der Waals surface area (Å²) in [5, 5.41) is 0. The molecule has 0 saturated carbocycles. The second kappa shape index (κ2) is 2.60. The van der Waals surface area contributed by atoms with Gasteiger partial charge in [-0.1, -0.05) is 5.92 Å². The average molecular weight is 167 g/mol. The highest BCUT2D eigenvalue weighted by atomic mass is 32.1. The molecule has 4 nitrogen and oxygen atoms in total. The maximum Gasteiger partial charge on any atom is 0.261 e. The van der Waals surface area contributed by atoms with Gasteiger partial charge in [0.15, 0.2) is 5.82 Å². The lowest BCUT2D eigenvalue weighted by Gasteiger charge is -1.88. The van der Waals surface area contributed by atoms with E-state index in [1.165, 1.54) is 0 Å². The van der Waals surface area contributed by atoms with Gasteiger partial charge < -0.3 is 11.5 Å². The Balaban J connectivity index is 3.30. The van der Waals surface area contributed by atoms with Gasteiger partial charge in [-0.15, -0.1) is 6.42 Å². The molecule has 0 spiro atoms. The Morgan fingerprint density at radius 2 is 2.36 bits per heavy atom. The summed E-state index contributed by atoms with van der Waals surface area (Å²) in [5.41, 5.74) is 10.6. The maximum atomic E-state index is 10.6. The summed E-state index contributed by atoms with van der Waals surface area (Å²) >= 11 is 0.917. The number of hydrogen-bond acceptors (Lipinski definition) is 4. The van der Waals surface area contributed by atoms with Gasteiger partial charge in [-0.2, -0.15) is 4.37 Å². The Kier molecular flexibility index (Phi) is 1.79. The number of nitrogens with zero attached hydrogens (tertiary/aromatic N) is 1. The molecular formula is C6H5N3OS. The molecule has 0 aliphatic heterocycles. The largest absolute Gasteiger partial charge is 0.382 e. The lowest BCUT2D eigenvalue weighted by atomic mass is 10.2. The van der Waals surface area contributed by atoms with Gasteiger partial charge in [0.1, 0.15) is 4.88 Å². The molecule has 0 bridgehead atoms. The fraction of sp³-hybridized carbons (Fsp3) is 0.